The summed E-state index contributed by atoms with van der Waals surface area (Å²) in [5, 5.41) is 14.0. The molecule has 1 aliphatic rings. The Kier molecular flexibility index (Phi) is 6.24. The van der Waals surface area contributed by atoms with E-state index in [9.17, 15) is 8.78 Å². The Balaban J connectivity index is 1.27. The van der Waals surface area contributed by atoms with Crippen molar-refractivity contribution in [1.29, 1.82) is 0 Å². The van der Waals surface area contributed by atoms with E-state index in [1.165, 1.54) is 11.1 Å². The zero-order valence-corrected chi connectivity index (χ0v) is 20.4. The number of benzene rings is 3. The third kappa shape index (κ3) is 5.01. The summed E-state index contributed by atoms with van der Waals surface area (Å²) >= 11 is 0. The average molecular weight is 499 g/mol. The molecule has 5 aromatic rings. The van der Waals surface area contributed by atoms with Crippen molar-refractivity contribution in [2.75, 3.05) is 0 Å². The molecular formula is C29H28F2N6. The first kappa shape index (κ1) is 23.5. The van der Waals surface area contributed by atoms with E-state index >= 15 is 0 Å². The van der Waals surface area contributed by atoms with Crippen molar-refractivity contribution in [2.45, 2.75) is 51.0 Å². The third-order valence-corrected chi connectivity index (χ3v) is 7.45. The van der Waals surface area contributed by atoms with Crippen molar-refractivity contribution in [1.82, 2.24) is 30.2 Å². The minimum Gasteiger partial charge on any atom is -0.324 e. The van der Waals surface area contributed by atoms with E-state index in [1.54, 1.807) is 0 Å². The van der Waals surface area contributed by atoms with Crippen LogP contribution in [-0.4, -0.2) is 36.1 Å². The molecule has 6 rings (SSSR count). The number of para-hydroxylation sites is 2. The quantitative estimate of drug-likeness (QED) is 0.278. The molecule has 1 fully saturated rings. The van der Waals surface area contributed by atoms with Gasteiger partial charge in [0.2, 0.25) is 5.92 Å². The van der Waals surface area contributed by atoms with Crippen molar-refractivity contribution < 1.29 is 8.78 Å². The molecule has 0 spiro atoms. The Labute approximate surface area is 213 Å². The molecule has 0 unspecified atom stereocenters. The summed E-state index contributed by atoms with van der Waals surface area (Å²) in [5.74, 6) is -0.728. The predicted molar refractivity (Wildman–Crippen MR) is 139 cm³/mol. The highest BCUT2D eigenvalue weighted by Crippen LogP contribution is 2.38. The fourth-order valence-electron chi connectivity index (χ4n) is 5.35. The predicted octanol–water partition coefficient (Wildman–Crippen LogP) is 6.49. The van der Waals surface area contributed by atoms with Crippen LogP contribution in [0.1, 0.15) is 36.8 Å². The SMILES string of the molecule is FC1(F)CCC(Cn2c(-c3ccccc3CCc3ccc(-c4nnn[nH]4)cc3)nc3ccccc32)CC1. The standard InChI is InChI=1S/C29H28F2N6/c30-29(31)17-15-21(16-18-29)19-37-26-8-4-3-7-25(26)32-28(37)24-6-2-1-5-22(24)12-9-20-10-13-23(14-11-20)27-33-35-36-34-27/h1-8,10-11,13-14,21H,9,12,15-19H2,(H,33,34,35,36). The van der Waals surface area contributed by atoms with Gasteiger partial charge in [-0.25, -0.2) is 18.9 Å². The van der Waals surface area contributed by atoms with Gasteiger partial charge in [-0.3, -0.25) is 0 Å². The van der Waals surface area contributed by atoms with E-state index < -0.39 is 5.92 Å². The van der Waals surface area contributed by atoms with E-state index in [2.05, 4.69) is 61.6 Å². The van der Waals surface area contributed by atoms with Gasteiger partial charge in [0, 0.05) is 30.5 Å². The molecule has 0 atom stereocenters. The number of rotatable bonds is 7. The van der Waals surface area contributed by atoms with E-state index in [-0.39, 0.29) is 18.8 Å². The molecular weight excluding hydrogens is 470 g/mol. The average Bonchev–Trinajstić information content (AvgIpc) is 3.58. The van der Waals surface area contributed by atoms with Gasteiger partial charge in [0.05, 0.1) is 11.0 Å². The van der Waals surface area contributed by atoms with Crippen LogP contribution in [0.2, 0.25) is 0 Å². The summed E-state index contributed by atoms with van der Waals surface area (Å²) in [4.78, 5) is 5.03. The number of aromatic amines is 1. The second-order valence-corrected chi connectivity index (χ2v) is 9.94. The molecule has 2 heterocycles. The summed E-state index contributed by atoms with van der Waals surface area (Å²) in [6.07, 6.45) is 2.77. The van der Waals surface area contributed by atoms with Crippen LogP contribution in [0.3, 0.4) is 0 Å². The number of alkyl halides is 2. The molecule has 0 saturated heterocycles. The van der Waals surface area contributed by atoms with Crippen LogP contribution in [0.15, 0.2) is 72.8 Å². The molecule has 188 valence electrons. The summed E-state index contributed by atoms with van der Waals surface area (Å²) in [6, 6.07) is 24.8. The third-order valence-electron chi connectivity index (χ3n) is 7.45. The first-order valence-electron chi connectivity index (χ1n) is 12.8. The van der Waals surface area contributed by atoms with Crippen LogP contribution in [0.5, 0.6) is 0 Å². The molecule has 1 saturated carbocycles. The lowest BCUT2D eigenvalue weighted by molar-refractivity contribution is -0.0471. The van der Waals surface area contributed by atoms with Crippen LogP contribution >= 0.6 is 0 Å². The largest absolute Gasteiger partial charge is 0.324 e. The minimum absolute atomic E-state index is 0.0258. The number of nitrogens with one attached hydrogen (secondary N) is 1. The lowest BCUT2D eigenvalue weighted by Crippen LogP contribution is -2.27. The smallest absolute Gasteiger partial charge is 0.248 e. The normalized spacial score (nSPS) is 15.8. The van der Waals surface area contributed by atoms with Crippen molar-refractivity contribution >= 4 is 11.0 Å². The van der Waals surface area contributed by atoms with E-state index in [0.29, 0.717) is 25.2 Å². The summed E-state index contributed by atoms with van der Waals surface area (Å²) in [5.41, 5.74) is 6.49. The topological polar surface area (TPSA) is 72.3 Å². The molecule has 2 aromatic heterocycles. The van der Waals surface area contributed by atoms with Gasteiger partial charge in [0.25, 0.3) is 0 Å². The Morgan fingerprint density at radius 2 is 1.65 bits per heavy atom. The first-order valence-corrected chi connectivity index (χ1v) is 12.8. The van der Waals surface area contributed by atoms with Crippen LogP contribution in [0.25, 0.3) is 33.8 Å². The molecule has 37 heavy (non-hydrogen) atoms. The highest BCUT2D eigenvalue weighted by molar-refractivity contribution is 5.81. The van der Waals surface area contributed by atoms with Crippen LogP contribution in [-0.2, 0) is 19.4 Å². The molecule has 6 nitrogen and oxygen atoms in total. The number of tetrazole rings is 1. The molecule has 0 bridgehead atoms. The monoisotopic (exact) mass is 498 g/mol. The summed E-state index contributed by atoms with van der Waals surface area (Å²) in [7, 11) is 0. The Bertz CT molecular complexity index is 1480. The minimum atomic E-state index is -2.52. The Morgan fingerprint density at radius 3 is 2.43 bits per heavy atom. The van der Waals surface area contributed by atoms with Gasteiger partial charge in [-0.05, 0) is 65.3 Å². The van der Waals surface area contributed by atoms with E-state index in [4.69, 9.17) is 4.98 Å². The van der Waals surface area contributed by atoms with Crippen LogP contribution in [0, 0.1) is 5.92 Å². The number of aryl methyl sites for hydroxylation is 2. The molecule has 1 N–H and O–H groups in total. The fourth-order valence-corrected chi connectivity index (χ4v) is 5.35. The molecule has 8 heteroatoms. The lowest BCUT2D eigenvalue weighted by atomic mass is 9.86. The van der Waals surface area contributed by atoms with E-state index in [1.807, 2.05) is 36.4 Å². The van der Waals surface area contributed by atoms with Crippen molar-refractivity contribution in [3.8, 4) is 22.8 Å². The number of halogens is 2. The molecule has 3 aromatic carbocycles. The number of H-pyrrole nitrogens is 1. The Morgan fingerprint density at radius 1 is 0.892 bits per heavy atom. The Hall–Kier alpha value is -3.94. The highest BCUT2D eigenvalue weighted by Gasteiger charge is 2.35. The summed E-state index contributed by atoms with van der Waals surface area (Å²) in [6.45, 7) is 0.707. The number of nitrogens with zero attached hydrogens (tertiary/aromatic N) is 5. The van der Waals surface area contributed by atoms with E-state index in [0.717, 1.165) is 40.8 Å². The number of imidazole rings is 1. The van der Waals surface area contributed by atoms with Crippen LogP contribution < -0.4 is 0 Å². The van der Waals surface area contributed by atoms with Gasteiger partial charge in [0.15, 0.2) is 5.82 Å². The van der Waals surface area contributed by atoms with Gasteiger partial charge >= 0.3 is 0 Å². The molecule has 0 aliphatic heterocycles. The van der Waals surface area contributed by atoms with Crippen molar-refractivity contribution in [2.24, 2.45) is 5.92 Å². The van der Waals surface area contributed by atoms with Crippen LogP contribution in [0.4, 0.5) is 8.78 Å². The lowest BCUT2D eigenvalue weighted by Gasteiger charge is -2.29. The van der Waals surface area contributed by atoms with Gasteiger partial charge in [-0.1, -0.05) is 60.7 Å². The number of aromatic nitrogens is 6. The summed E-state index contributed by atoms with van der Waals surface area (Å²) < 4.78 is 29.8. The van der Waals surface area contributed by atoms with Gasteiger partial charge < -0.3 is 4.57 Å². The van der Waals surface area contributed by atoms with Crippen molar-refractivity contribution in [3.63, 3.8) is 0 Å². The maximum absolute atomic E-state index is 13.8. The molecule has 1 aliphatic carbocycles. The molecule has 0 radical (unpaired) electrons. The zero-order valence-electron chi connectivity index (χ0n) is 20.4. The molecule has 0 amide bonds. The number of fused-ring (bicyclic) bond motifs is 1. The second-order valence-electron chi connectivity index (χ2n) is 9.94. The highest BCUT2D eigenvalue weighted by atomic mass is 19.3. The van der Waals surface area contributed by atoms with Gasteiger partial charge in [0.1, 0.15) is 5.82 Å². The maximum Gasteiger partial charge on any atom is 0.248 e. The zero-order chi connectivity index (χ0) is 25.2. The van der Waals surface area contributed by atoms with Crippen molar-refractivity contribution in [3.05, 3.63) is 83.9 Å². The number of hydrogen-bond acceptors (Lipinski definition) is 4. The maximum atomic E-state index is 13.8. The fraction of sp³-hybridized carbons (Fsp3) is 0.310. The van der Waals surface area contributed by atoms with Gasteiger partial charge in [-0.15, -0.1) is 5.10 Å². The second kappa shape index (κ2) is 9.84. The first-order chi connectivity index (χ1) is 18.1. The number of hydrogen-bond donors (Lipinski definition) is 1. The van der Waals surface area contributed by atoms with Gasteiger partial charge in [-0.2, -0.15) is 0 Å².